The molecule has 0 spiro atoms. The zero-order chi connectivity index (χ0) is 13.1. The highest BCUT2D eigenvalue weighted by atomic mass is 79.9. The van der Waals surface area contributed by atoms with E-state index in [2.05, 4.69) is 45.1 Å². The summed E-state index contributed by atoms with van der Waals surface area (Å²) < 4.78 is 3.22. The Kier molecular flexibility index (Phi) is 4.81. The fraction of sp³-hybridized carbons (Fsp3) is 0.769. The van der Waals surface area contributed by atoms with E-state index in [4.69, 9.17) is 0 Å². The minimum atomic E-state index is 0.644. The first-order chi connectivity index (χ1) is 8.67. The standard InChI is InChI=1S/C13H23BrN4/c1-4-10-8-15-6-7-18(10)9-12-13(14)11(5-2)16-17(12)3/h10,15H,4-9H2,1-3H3. The van der Waals surface area contributed by atoms with Crippen molar-refractivity contribution in [3.63, 3.8) is 0 Å². The van der Waals surface area contributed by atoms with E-state index in [0.29, 0.717) is 6.04 Å². The molecule has 2 rings (SSSR count). The van der Waals surface area contributed by atoms with Crippen molar-refractivity contribution in [3.05, 3.63) is 15.9 Å². The molecule has 2 heterocycles. The molecule has 1 aliphatic rings. The summed E-state index contributed by atoms with van der Waals surface area (Å²) in [6.45, 7) is 8.72. The highest BCUT2D eigenvalue weighted by Gasteiger charge is 2.23. The van der Waals surface area contributed by atoms with Crippen LogP contribution in [0.1, 0.15) is 31.7 Å². The van der Waals surface area contributed by atoms with Gasteiger partial charge in [0, 0.05) is 39.3 Å². The second-order valence-electron chi connectivity index (χ2n) is 4.92. The Morgan fingerprint density at radius 1 is 1.44 bits per heavy atom. The molecule has 4 nitrogen and oxygen atoms in total. The largest absolute Gasteiger partial charge is 0.314 e. The lowest BCUT2D eigenvalue weighted by Crippen LogP contribution is -2.50. The molecule has 0 bridgehead atoms. The maximum atomic E-state index is 4.57. The molecule has 1 atom stereocenters. The van der Waals surface area contributed by atoms with Crippen LogP contribution in [0.4, 0.5) is 0 Å². The molecule has 0 aliphatic carbocycles. The number of hydrogen-bond acceptors (Lipinski definition) is 3. The Morgan fingerprint density at radius 2 is 2.22 bits per heavy atom. The average molecular weight is 315 g/mol. The third kappa shape index (κ3) is 2.78. The first-order valence-corrected chi connectivity index (χ1v) is 7.61. The third-order valence-corrected chi connectivity index (χ3v) is 4.71. The molecule has 0 aromatic carbocycles. The molecule has 0 amide bonds. The van der Waals surface area contributed by atoms with Gasteiger partial charge >= 0.3 is 0 Å². The highest BCUT2D eigenvalue weighted by molar-refractivity contribution is 9.10. The average Bonchev–Trinajstić information content (AvgIpc) is 2.66. The van der Waals surface area contributed by atoms with Gasteiger partial charge in [-0.25, -0.2) is 0 Å². The normalized spacial score (nSPS) is 21.4. The maximum Gasteiger partial charge on any atom is 0.0767 e. The monoisotopic (exact) mass is 314 g/mol. The molecule has 102 valence electrons. The van der Waals surface area contributed by atoms with Crippen LogP contribution >= 0.6 is 15.9 Å². The Labute approximate surface area is 118 Å². The van der Waals surface area contributed by atoms with Gasteiger partial charge in [-0.15, -0.1) is 0 Å². The Morgan fingerprint density at radius 3 is 2.83 bits per heavy atom. The first kappa shape index (κ1) is 14.0. The number of nitrogens with zero attached hydrogens (tertiary/aromatic N) is 3. The van der Waals surface area contributed by atoms with Crippen LogP contribution in [0, 0.1) is 0 Å². The summed E-state index contributed by atoms with van der Waals surface area (Å²) >= 11 is 3.71. The van der Waals surface area contributed by atoms with Crippen LogP contribution in [0.3, 0.4) is 0 Å². The molecule has 18 heavy (non-hydrogen) atoms. The van der Waals surface area contributed by atoms with Crippen LogP contribution < -0.4 is 5.32 Å². The van der Waals surface area contributed by atoms with Crippen LogP contribution in [0.2, 0.25) is 0 Å². The SMILES string of the molecule is CCc1nn(C)c(CN2CCNCC2CC)c1Br. The van der Waals surface area contributed by atoms with Gasteiger partial charge in [0.2, 0.25) is 0 Å². The predicted octanol–water partition coefficient (Wildman–Crippen LogP) is 1.93. The van der Waals surface area contributed by atoms with E-state index < -0.39 is 0 Å². The van der Waals surface area contributed by atoms with Gasteiger partial charge in [-0.1, -0.05) is 13.8 Å². The van der Waals surface area contributed by atoms with Crippen molar-refractivity contribution < 1.29 is 0 Å². The highest BCUT2D eigenvalue weighted by Crippen LogP contribution is 2.24. The summed E-state index contributed by atoms with van der Waals surface area (Å²) in [6, 6.07) is 0.644. The van der Waals surface area contributed by atoms with Crippen molar-refractivity contribution in [2.75, 3.05) is 19.6 Å². The lowest BCUT2D eigenvalue weighted by Gasteiger charge is -2.35. The molecule has 1 aromatic heterocycles. The Bertz CT molecular complexity index is 402. The zero-order valence-electron chi connectivity index (χ0n) is 11.5. The van der Waals surface area contributed by atoms with Gasteiger partial charge in [-0.3, -0.25) is 9.58 Å². The smallest absolute Gasteiger partial charge is 0.0767 e. The van der Waals surface area contributed by atoms with Crippen molar-refractivity contribution >= 4 is 15.9 Å². The first-order valence-electron chi connectivity index (χ1n) is 6.82. The van der Waals surface area contributed by atoms with E-state index in [1.54, 1.807) is 0 Å². The molecular formula is C13H23BrN4. The van der Waals surface area contributed by atoms with Crippen LogP contribution in [0.25, 0.3) is 0 Å². The number of hydrogen-bond donors (Lipinski definition) is 1. The van der Waals surface area contributed by atoms with Gasteiger partial charge in [-0.2, -0.15) is 5.10 Å². The van der Waals surface area contributed by atoms with Gasteiger partial charge in [0.25, 0.3) is 0 Å². The minimum Gasteiger partial charge on any atom is -0.314 e. The van der Waals surface area contributed by atoms with E-state index in [0.717, 1.165) is 38.3 Å². The molecule has 1 aliphatic heterocycles. The fourth-order valence-electron chi connectivity index (χ4n) is 2.60. The van der Waals surface area contributed by atoms with E-state index in [1.807, 2.05) is 11.7 Å². The number of nitrogens with one attached hydrogen (secondary N) is 1. The molecular weight excluding hydrogens is 292 g/mol. The van der Waals surface area contributed by atoms with Gasteiger partial charge in [0.1, 0.15) is 0 Å². The van der Waals surface area contributed by atoms with Crippen molar-refractivity contribution in [2.45, 2.75) is 39.3 Å². The van der Waals surface area contributed by atoms with Gasteiger partial charge in [0.15, 0.2) is 0 Å². The van der Waals surface area contributed by atoms with Crippen LogP contribution in [-0.2, 0) is 20.0 Å². The quantitative estimate of drug-likeness (QED) is 0.922. The number of halogens is 1. The molecule has 1 aromatic rings. The summed E-state index contributed by atoms with van der Waals surface area (Å²) in [5, 5.41) is 8.04. The Balaban J connectivity index is 2.15. The molecule has 1 saturated heterocycles. The van der Waals surface area contributed by atoms with E-state index >= 15 is 0 Å². The van der Waals surface area contributed by atoms with Crippen LogP contribution in [-0.4, -0.2) is 40.4 Å². The third-order valence-electron chi connectivity index (χ3n) is 3.80. The summed E-state index contributed by atoms with van der Waals surface area (Å²) in [7, 11) is 2.04. The van der Waals surface area contributed by atoms with Gasteiger partial charge in [-0.05, 0) is 28.8 Å². The van der Waals surface area contributed by atoms with Crippen LogP contribution in [0.5, 0.6) is 0 Å². The van der Waals surface area contributed by atoms with E-state index in [-0.39, 0.29) is 0 Å². The number of aryl methyl sites for hydroxylation is 2. The Hall–Kier alpha value is -0.390. The summed E-state index contributed by atoms with van der Waals surface area (Å²) in [4.78, 5) is 2.57. The molecule has 1 unspecified atom stereocenters. The van der Waals surface area contributed by atoms with Crippen molar-refractivity contribution in [1.29, 1.82) is 0 Å². The topological polar surface area (TPSA) is 33.1 Å². The van der Waals surface area contributed by atoms with Crippen molar-refractivity contribution in [3.8, 4) is 0 Å². The minimum absolute atomic E-state index is 0.644. The van der Waals surface area contributed by atoms with Crippen molar-refractivity contribution in [2.24, 2.45) is 7.05 Å². The second-order valence-corrected chi connectivity index (χ2v) is 5.71. The number of aromatic nitrogens is 2. The van der Waals surface area contributed by atoms with Crippen LogP contribution in [0.15, 0.2) is 4.47 Å². The van der Waals surface area contributed by atoms with Crippen molar-refractivity contribution in [1.82, 2.24) is 20.0 Å². The van der Waals surface area contributed by atoms with E-state index in [9.17, 15) is 0 Å². The zero-order valence-corrected chi connectivity index (χ0v) is 13.1. The molecule has 5 heteroatoms. The lowest BCUT2D eigenvalue weighted by molar-refractivity contribution is 0.145. The summed E-state index contributed by atoms with van der Waals surface area (Å²) in [6.07, 6.45) is 2.18. The number of rotatable bonds is 4. The molecule has 1 fully saturated rings. The summed E-state index contributed by atoms with van der Waals surface area (Å²) in [5.41, 5.74) is 2.46. The van der Waals surface area contributed by atoms with Gasteiger partial charge in [0.05, 0.1) is 15.9 Å². The summed E-state index contributed by atoms with van der Waals surface area (Å²) in [5.74, 6) is 0. The van der Waals surface area contributed by atoms with Gasteiger partial charge < -0.3 is 5.32 Å². The molecule has 0 radical (unpaired) electrons. The maximum absolute atomic E-state index is 4.57. The van der Waals surface area contributed by atoms with E-state index in [1.165, 1.54) is 16.6 Å². The number of piperazine rings is 1. The fourth-order valence-corrected chi connectivity index (χ4v) is 3.34. The molecule has 1 N–H and O–H groups in total. The predicted molar refractivity (Wildman–Crippen MR) is 77.6 cm³/mol. The lowest BCUT2D eigenvalue weighted by atomic mass is 10.1. The molecule has 0 saturated carbocycles. The second kappa shape index (κ2) is 6.17.